The van der Waals surface area contributed by atoms with Crippen molar-refractivity contribution < 1.29 is 35.6 Å². The van der Waals surface area contributed by atoms with Gasteiger partial charge in [-0.1, -0.05) is 5.16 Å². The van der Waals surface area contributed by atoms with E-state index in [9.17, 15) is 35.9 Å². The average molecular weight is 499 g/mol. The largest absolute Gasteiger partial charge is 0.573 e. The molecule has 0 amide bonds. The van der Waals surface area contributed by atoms with Gasteiger partial charge in [0.2, 0.25) is 5.82 Å². The number of hydrogen-bond donors (Lipinski definition) is 2. The first-order chi connectivity index (χ1) is 16.4. The maximum atomic E-state index is 12.6. The summed E-state index contributed by atoms with van der Waals surface area (Å²) in [5, 5.41) is 8.62. The van der Waals surface area contributed by atoms with Crippen LogP contribution in [0, 0.1) is 0 Å². The van der Waals surface area contributed by atoms with Gasteiger partial charge in [-0.25, -0.2) is 0 Å². The van der Waals surface area contributed by atoms with E-state index in [0.717, 1.165) is 12.1 Å². The van der Waals surface area contributed by atoms with E-state index in [1.165, 1.54) is 30.5 Å². The van der Waals surface area contributed by atoms with Crippen LogP contribution in [0.4, 0.5) is 43.4 Å². The normalized spacial score (nSPS) is 12.1. The van der Waals surface area contributed by atoms with Crippen LogP contribution in [-0.2, 0) is 12.7 Å². The molecule has 182 valence electrons. The first-order valence-electron chi connectivity index (χ1n) is 9.47. The second-order valence-electron chi connectivity index (χ2n) is 6.92. The Hall–Kier alpha value is -4.43. The Morgan fingerprint density at radius 1 is 0.914 bits per heavy atom. The van der Waals surface area contributed by atoms with Crippen molar-refractivity contribution in [1.82, 2.24) is 15.1 Å². The third kappa shape index (κ3) is 5.39. The Kier molecular flexibility index (Phi) is 5.92. The molecule has 0 spiro atoms. The first kappa shape index (κ1) is 23.7. The molecule has 0 bridgehead atoms. The SMILES string of the molecule is O=c1c(NCc2ccc(-c3noc(C(F)(F)F)n3)cn2)c(Nc2ccc(OC(F)(F)F)cc2)c1=O. The smallest absolute Gasteiger partial charge is 0.406 e. The number of alkyl halides is 6. The van der Waals surface area contributed by atoms with E-state index in [2.05, 4.69) is 35.0 Å². The molecule has 4 aromatic rings. The molecule has 0 saturated heterocycles. The first-order valence-corrected chi connectivity index (χ1v) is 9.47. The van der Waals surface area contributed by atoms with Crippen molar-refractivity contribution in [2.45, 2.75) is 19.1 Å². The summed E-state index contributed by atoms with van der Waals surface area (Å²) in [4.78, 5) is 31.1. The number of aromatic nitrogens is 3. The Balaban J connectivity index is 1.40. The minimum absolute atomic E-state index is 0.0295. The predicted molar refractivity (Wildman–Crippen MR) is 108 cm³/mol. The van der Waals surface area contributed by atoms with Gasteiger partial charge in [0.05, 0.1) is 12.2 Å². The fourth-order valence-corrected chi connectivity index (χ4v) is 2.86. The van der Waals surface area contributed by atoms with Gasteiger partial charge in [0.1, 0.15) is 17.1 Å². The summed E-state index contributed by atoms with van der Waals surface area (Å²) < 4.78 is 82.4. The van der Waals surface area contributed by atoms with Crippen LogP contribution in [0.1, 0.15) is 11.6 Å². The number of ether oxygens (including phenoxy) is 1. The van der Waals surface area contributed by atoms with Gasteiger partial charge in [-0.2, -0.15) is 18.2 Å². The summed E-state index contributed by atoms with van der Waals surface area (Å²) in [6, 6.07) is 7.34. The molecule has 0 unspecified atom stereocenters. The van der Waals surface area contributed by atoms with Crippen molar-refractivity contribution >= 4 is 17.1 Å². The topological polar surface area (TPSA) is 119 Å². The van der Waals surface area contributed by atoms with Crippen molar-refractivity contribution in [3.63, 3.8) is 0 Å². The summed E-state index contributed by atoms with van der Waals surface area (Å²) in [6.45, 7) is -0.0295. The monoisotopic (exact) mass is 499 g/mol. The standard InChI is InChI=1S/C20H11F6N5O4/c21-19(22,23)18-30-17(31-35-18)9-1-2-11(27-7-9)8-28-13-14(16(33)15(13)32)29-10-3-5-12(6-4-10)34-20(24,25)26/h1-7,28-29H,8H2. The van der Waals surface area contributed by atoms with E-state index in [0.29, 0.717) is 5.69 Å². The molecule has 2 aromatic carbocycles. The van der Waals surface area contributed by atoms with Gasteiger partial charge < -0.3 is 19.9 Å². The summed E-state index contributed by atoms with van der Waals surface area (Å²) in [6.07, 6.45) is -8.43. The Bertz CT molecular complexity index is 1400. The van der Waals surface area contributed by atoms with E-state index >= 15 is 0 Å². The molecule has 0 atom stereocenters. The quantitative estimate of drug-likeness (QED) is 0.287. The summed E-state index contributed by atoms with van der Waals surface area (Å²) >= 11 is 0. The van der Waals surface area contributed by atoms with Gasteiger partial charge in [0.25, 0.3) is 10.9 Å². The number of rotatable bonds is 7. The molecule has 0 aliphatic heterocycles. The molecule has 4 rings (SSSR count). The molecule has 0 aliphatic rings. The van der Waals surface area contributed by atoms with Crippen LogP contribution >= 0.6 is 0 Å². The number of nitrogens with zero attached hydrogens (tertiary/aromatic N) is 3. The fourth-order valence-electron chi connectivity index (χ4n) is 2.86. The highest BCUT2D eigenvalue weighted by molar-refractivity contribution is 5.78. The molecule has 15 heteroatoms. The summed E-state index contributed by atoms with van der Waals surface area (Å²) in [5.41, 5.74) is -1.05. The van der Waals surface area contributed by atoms with E-state index in [1.54, 1.807) is 0 Å². The van der Waals surface area contributed by atoms with Crippen molar-refractivity contribution in [3.8, 4) is 17.1 Å². The molecule has 0 radical (unpaired) electrons. The second kappa shape index (κ2) is 8.73. The van der Waals surface area contributed by atoms with Crippen molar-refractivity contribution in [1.29, 1.82) is 0 Å². The molecule has 2 aromatic heterocycles. The Labute approximate surface area is 190 Å². The Morgan fingerprint density at radius 3 is 2.17 bits per heavy atom. The maximum absolute atomic E-state index is 12.6. The van der Waals surface area contributed by atoms with E-state index in [1.807, 2.05) is 0 Å². The molecule has 0 aliphatic carbocycles. The number of benzene rings is 1. The summed E-state index contributed by atoms with van der Waals surface area (Å²) in [7, 11) is 0. The highest BCUT2D eigenvalue weighted by Crippen LogP contribution is 2.29. The minimum atomic E-state index is -4.85. The van der Waals surface area contributed by atoms with Crippen LogP contribution in [-0.4, -0.2) is 21.5 Å². The fraction of sp³-hybridized carbons (Fsp3) is 0.150. The van der Waals surface area contributed by atoms with Gasteiger partial charge in [0, 0.05) is 17.4 Å². The Morgan fingerprint density at radius 2 is 1.60 bits per heavy atom. The highest BCUT2D eigenvalue weighted by Gasteiger charge is 2.38. The number of pyridine rings is 1. The third-order valence-corrected chi connectivity index (χ3v) is 4.47. The van der Waals surface area contributed by atoms with E-state index in [-0.39, 0.29) is 35.0 Å². The van der Waals surface area contributed by atoms with Gasteiger partial charge >= 0.3 is 18.4 Å². The molecular weight excluding hydrogens is 488 g/mol. The molecule has 2 N–H and O–H groups in total. The van der Waals surface area contributed by atoms with Crippen LogP contribution in [0.3, 0.4) is 0 Å². The van der Waals surface area contributed by atoms with E-state index < -0.39 is 35.0 Å². The lowest BCUT2D eigenvalue weighted by Crippen LogP contribution is -2.36. The molecule has 2 heterocycles. The number of anilines is 3. The van der Waals surface area contributed by atoms with E-state index in [4.69, 9.17) is 0 Å². The van der Waals surface area contributed by atoms with Crippen molar-refractivity contribution in [2.24, 2.45) is 0 Å². The number of hydrogen-bond acceptors (Lipinski definition) is 9. The van der Waals surface area contributed by atoms with Crippen molar-refractivity contribution in [2.75, 3.05) is 10.6 Å². The van der Waals surface area contributed by atoms with Gasteiger partial charge in [-0.15, -0.1) is 13.2 Å². The highest BCUT2D eigenvalue weighted by atomic mass is 19.4. The number of nitrogens with one attached hydrogen (secondary N) is 2. The predicted octanol–water partition coefficient (Wildman–Crippen LogP) is 4.00. The second-order valence-corrected chi connectivity index (χ2v) is 6.92. The zero-order chi connectivity index (χ0) is 25.4. The molecular formula is C20H11F6N5O4. The molecule has 0 fully saturated rings. The van der Waals surface area contributed by atoms with Crippen LogP contribution in [0.25, 0.3) is 11.4 Å². The maximum Gasteiger partial charge on any atom is 0.573 e. The summed E-state index contributed by atoms with van der Waals surface area (Å²) in [5.74, 6) is -2.28. The van der Waals surface area contributed by atoms with Gasteiger partial charge in [-0.05, 0) is 36.4 Å². The average Bonchev–Trinajstić information content (AvgIpc) is 3.30. The zero-order valence-electron chi connectivity index (χ0n) is 17.0. The third-order valence-electron chi connectivity index (χ3n) is 4.47. The number of halogens is 6. The lowest BCUT2D eigenvalue weighted by molar-refractivity contribution is -0.274. The molecule has 0 saturated carbocycles. The molecule has 35 heavy (non-hydrogen) atoms. The minimum Gasteiger partial charge on any atom is -0.406 e. The van der Waals surface area contributed by atoms with Crippen LogP contribution in [0.2, 0.25) is 0 Å². The zero-order valence-corrected chi connectivity index (χ0v) is 17.0. The lowest BCUT2D eigenvalue weighted by atomic mass is 10.1. The van der Waals surface area contributed by atoms with Crippen LogP contribution < -0.4 is 26.2 Å². The lowest BCUT2D eigenvalue weighted by Gasteiger charge is -2.15. The van der Waals surface area contributed by atoms with Gasteiger partial charge in [-0.3, -0.25) is 14.6 Å². The van der Waals surface area contributed by atoms with Crippen molar-refractivity contribution in [3.05, 3.63) is 74.6 Å². The van der Waals surface area contributed by atoms with Gasteiger partial charge in [0.15, 0.2) is 0 Å². The van der Waals surface area contributed by atoms with Crippen LogP contribution in [0.15, 0.2) is 56.7 Å². The van der Waals surface area contributed by atoms with Crippen LogP contribution in [0.5, 0.6) is 5.75 Å². The molecule has 9 nitrogen and oxygen atoms in total.